The van der Waals surface area contributed by atoms with Crippen LogP contribution in [0.15, 0.2) is 36.8 Å². The molecule has 0 aliphatic carbocycles. The van der Waals surface area contributed by atoms with E-state index < -0.39 is 0 Å². The molecule has 70 valence electrons. The van der Waals surface area contributed by atoms with Crippen molar-refractivity contribution in [3.8, 4) is 5.69 Å². The second kappa shape index (κ2) is 4.35. The second-order valence-corrected chi connectivity index (χ2v) is 2.43. The Kier molecular flexibility index (Phi) is 3.15. The van der Waals surface area contributed by atoms with E-state index in [9.17, 15) is 0 Å². The van der Waals surface area contributed by atoms with Gasteiger partial charge < -0.3 is 12.4 Å². The quantitative estimate of drug-likeness (QED) is 0.550. The Bertz CT molecular complexity index is 444. The van der Waals surface area contributed by atoms with Crippen LogP contribution in [0.5, 0.6) is 0 Å². The van der Waals surface area contributed by atoms with Gasteiger partial charge in [0.05, 0.1) is 29.0 Å². The Balaban J connectivity index is 0.000000980. The van der Waals surface area contributed by atoms with Crippen molar-refractivity contribution in [2.75, 3.05) is 0 Å². The third-order valence-electron chi connectivity index (χ3n) is 1.59. The molecule has 0 radical (unpaired) electrons. The van der Waals surface area contributed by atoms with Gasteiger partial charge in [0.2, 0.25) is 0 Å². The Morgan fingerprint density at radius 3 is 2.79 bits per heavy atom. The molecule has 5 nitrogen and oxygen atoms in total. The highest BCUT2D eigenvalue weighted by atomic mass is 35.5. The first-order valence-electron chi connectivity index (χ1n) is 3.71. The van der Waals surface area contributed by atoms with Crippen molar-refractivity contribution < 1.29 is 12.4 Å². The van der Waals surface area contributed by atoms with Gasteiger partial charge in [0.25, 0.3) is 0 Å². The van der Waals surface area contributed by atoms with Crippen LogP contribution >= 0.6 is 0 Å². The lowest BCUT2D eigenvalue weighted by molar-refractivity contribution is -0.00000298. The fourth-order valence-corrected chi connectivity index (χ4v) is 1.00. The summed E-state index contributed by atoms with van der Waals surface area (Å²) in [6, 6.07) is 5.28. The Labute approximate surface area is 86.4 Å². The van der Waals surface area contributed by atoms with Gasteiger partial charge in [-0.3, -0.25) is 4.98 Å². The lowest BCUT2D eigenvalue weighted by Crippen LogP contribution is -3.00. The molecule has 0 atom stereocenters. The highest BCUT2D eigenvalue weighted by Gasteiger charge is 2.10. The Hall–Kier alpha value is -1.93. The number of hydrogen-bond donors (Lipinski definition) is 0. The minimum Gasteiger partial charge on any atom is -1.00 e. The van der Waals surface area contributed by atoms with Crippen LogP contribution in [-0.2, 0) is 0 Å². The maximum absolute atomic E-state index is 8.43. The van der Waals surface area contributed by atoms with Crippen molar-refractivity contribution in [2.24, 2.45) is 0 Å². The number of diazo groups is 1. The van der Waals surface area contributed by atoms with Gasteiger partial charge in [0, 0.05) is 11.2 Å². The molecule has 2 rings (SSSR count). The summed E-state index contributed by atoms with van der Waals surface area (Å²) in [5.74, 6) is 0.281. The van der Waals surface area contributed by atoms with E-state index in [0.29, 0.717) is 0 Å². The van der Waals surface area contributed by atoms with Crippen molar-refractivity contribution in [2.45, 2.75) is 0 Å². The molecule has 6 heteroatoms. The molecule has 2 aromatic heterocycles. The van der Waals surface area contributed by atoms with Gasteiger partial charge in [-0.05, 0) is 12.1 Å². The van der Waals surface area contributed by atoms with Gasteiger partial charge in [-0.25, -0.2) is 0 Å². The van der Waals surface area contributed by atoms with Crippen LogP contribution in [0.25, 0.3) is 10.7 Å². The van der Waals surface area contributed by atoms with Gasteiger partial charge in [-0.1, -0.05) is 0 Å². The molecule has 14 heavy (non-hydrogen) atoms. The number of halogens is 1. The number of pyridine rings is 1. The lowest BCUT2D eigenvalue weighted by Gasteiger charge is -1.91. The third-order valence-corrected chi connectivity index (χ3v) is 1.59. The molecule has 2 aromatic rings. The lowest BCUT2D eigenvalue weighted by atomic mass is 10.4. The van der Waals surface area contributed by atoms with Crippen LogP contribution in [0.4, 0.5) is 5.82 Å². The predicted octanol–water partition coefficient (Wildman–Crippen LogP) is -1.24. The van der Waals surface area contributed by atoms with Crippen molar-refractivity contribution in [1.29, 1.82) is 5.39 Å². The number of nitrogens with zero attached hydrogens (tertiary/aromatic N) is 5. The minimum atomic E-state index is 0. The van der Waals surface area contributed by atoms with Crippen molar-refractivity contribution in [1.82, 2.24) is 14.8 Å². The molecule has 2 heterocycles. The van der Waals surface area contributed by atoms with Gasteiger partial charge in [0.15, 0.2) is 0 Å². The normalized spacial score (nSPS) is 8.79. The number of hydrogen-bond acceptors (Lipinski definition) is 3. The van der Waals surface area contributed by atoms with Crippen LogP contribution in [0.2, 0.25) is 0 Å². The average molecular weight is 208 g/mol. The molecule has 0 spiro atoms. The van der Waals surface area contributed by atoms with Gasteiger partial charge in [-0.2, -0.15) is 0 Å². The summed E-state index contributed by atoms with van der Waals surface area (Å²) < 4.78 is 1.59. The molecule has 0 aliphatic rings. The van der Waals surface area contributed by atoms with Gasteiger partial charge in [-0.15, -0.1) is 4.68 Å². The Morgan fingerprint density at radius 2 is 2.21 bits per heavy atom. The van der Waals surface area contributed by atoms with Gasteiger partial charge >= 0.3 is 5.82 Å². The minimum absolute atomic E-state index is 0. The van der Waals surface area contributed by atoms with Crippen LogP contribution < -0.4 is 12.4 Å². The fourth-order valence-electron chi connectivity index (χ4n) is 1.00. The van der Waals surface area contributed by atoms with Crippen molar-refractivity contribution in [3.63, 3.8) is 0 Å². The van der Waals surface area contributed by atoms with E-state index in [2.05, 4.69) is 15.1 Å². The summed E-state index contributed by atoms with van der Waals surface area (Å²) in [7, 11) is 0. The monoisotopic (exact) mass is 207 g/mol. The molecule has 0 aromatic carbocycles. The standard InChI is InChI=1S/C8H6N5.ClH/c9-11-8-3-5-13(12-8)7-2-1-4-10-6-7;/h1-6H;1H/q+1;/p-1. The first kappa shape index (κ1) is 10.2. The second-order valence-electron chi connectivity index (χ2n) is 2.43. The summed E-state index contributed by atoms with van der Waals surface area (Å²) >= 11 is 0. The third kappa shape index (κ3) is 1.87. The van der Waals surface area contributed by atoms with E-state index in [1.165, 1.54) is 0 Å². The van der Waals surface area contributed by atoms with Crippen LogP contribution in [-0.4, -0.2) is 14.8 Å². The van der Waals surface area contributed by atoms with Crippen molar-refractivity contribution in [3.05, 3.63) is 41.8 Å². The molecule has 0 N–H and O–H groups in total. The summed E-state index contributed by atoms with van der Waals surface area (Å²) in [6.07, 6.45) is 5.06. The SMILES string of the molecule is N#[N+]c1ccn(-c2cccnc2)n1.[Cl-]. The highest BCUT2D eigenvalue weighted by molar-refractivity contribution is 5.36. The van der Waals surface area contributed by atoms with E-state index in [1.54, 1.807) is 29.3 Å². The molecule has 0 unspecified atom stereocenters. The van der Waals surface area contributed by atoms with E-state index in [1.807, 2.05) is 12.1 Å². The molecule has 0 fully saturated rings. The first-order valence-corrected chi connectivity index (χ1v) is 3.71. The number of aromatic nitrogens is 3. The zero-order valence-corrected chi connectivity index (χ0v) is 7.83. The summed E-state index contributed by atoms with van der Waals surface area (Å²) in [4.78, 5) is 6.91. The maximum Gasteiger partial charge on any atom is 0.488 e. The summed E-state index contributed by atoms with van der Waals surface area (Å²) in [5, 5.41) is 12.4. The first-order chi connectivity index (χ1) is 6.40. The molecular weight excluding hydrogens is 202 g/mol. The molecule has 0 saturated carbocycles. The van der Waals surface area contributed by atoms with E-state index >= 15 is 0 Å². The fraction of sp³-hybridized carbons (Fsp3) is 0. The summed E-state index contributed by atoms with van der Waals surface area (Å²) in [5.41, 5.74) is 0.831. The highest BCUT2D eigenvalue weighted by Crippen LogP contribution is 2.10. The molecule has 0 amide bonds. The zero-order valence-electron chi connectivity index (χ0n) is 7.08. The predicted molar refractivity (Wildman–Crippen MR) is 46.1 cm³/mol. The molecule has 0 aliphatic heterocycles. The maximum atomic E-state index is 8.43. The topological polar surface area (TPSA) is 58.9 Å². The average Bonchev–Trinajstić information content (AvgIpc) is 2.67. The molecule has 0 bridgehead atoms. The van der Waals surface area contributed by atoms with Crippen LogP contribution in [0.3, 0.4) is 0 Å². The smallest absolute Gasteiger partial charge is 0.488 e. The molecular formula is C8H6ClN5. The van der Waals surface area contributed by atoms with E-state index in [-0.39, 0.29) is 18.2 Å². The van der Waals surface area contributed by atoms with Crippen LogP contribution in [0, 0.1) is 5.39 Å². The Morgan fingerprint density at radius 1 is 1.36 bits per heavy atom. The van der Waals surface area contributed by atoms with Crippen LogP contribution in [0.1, 0.15) is 0 Å². The summed E-state index contributed by atoms with van der Waals surface area (Å²) in [6.45, 7) is 0. The number of rotatable bonds is 1. The van der Waals surface area contributed by atoms with Crippen molar-refractivity contribution >= 4 is 5.82 Å². The largest absolute Gasteiger partial charge is 1.00 e. The van der Waals surface area contributed by atoms with Gasteiger partial charge in [0.1, 0.15) is 5.69 Å². The zero-order chi connectivity index (χ0) is 9.10. The van der Waals surface area contributed by atoms with E-state index in [0.717, 1.165) is 5.69 Å². The molecule has 0 saturated heterocycles. The van der Waals surface area contributed by atoms with E-state index in [4.69, 9.17) is 5.39 Å².